The van der Waals surface area contributed by atoms with Gasteiger partial charge in [-0.25, -0.2) is 0 Å². The molecule has 1 aliphatic heterocycles. The Hall–Kier alpha value is -2.20. The van der Waals surface area contributed by atoms with Crippen LogP contribution in [-0.2, 0) is 11.2 Å². The third-order valence-corrected chi connectivity index (χ3v) is 4.26. The number of rotatable bonds is 5. The Bertz CT molecular complexity index is 637. The third kappa shape index (κ3) is 3.77. The topological polar surface area (TPSA) is 45.2 Å². The van der Waals surface area contributed by atoms with Crippen molar-refractivity contribution >= 4 is 5.91 Å². The number of pyridine rings is 1. The number of nitrogens with zero attached hydrogens (tertiary/aromatic N) is 2. The highest BCUT2D eigenvalue weighted by atomic mass is 16.2. The SMILES string of the molecule is CCCN1CCNC(Cc2ccc(-c3cccnc3)cc2)C1=O. The van der Waals surface area contributed by atoms with Crippen LogP contribution in [0.4, 0.5) is 0 Å². The fourth-order valence-corrected chi connectivity index (χ4v) is 3.05. The molecule has 1 aliphatic rings. The Kier molecular flexibility index (Phi) is 5.03. The van der Waals surface area contributed by atoms with Crippen LogP contribution >= 0.6 is 0 Å². The van der Waals surface area contributed by atoms with Crippen LogP contribution in [0.5, 0.6) is 0 Å². The minimum atomic E-state index is -0.0976. The van der Waals surface area contributed by atoms with Gasteiger partial charge in [-0.2, -0.15) is 0 Å². The predicted molar refractivity (Wildman–Crippen MR) is 92.0 cm³/mol. The lowest BCUT2D eigenvalue weighted by molar-refractivity contribution is -0.135. The van der Waals surface area contributed by atoms with Crippen molar-refractivity contribution in [2.24, 2.45) is 0 Å². The van der Waals surface area contributed by atoms with Crippen LogP contribution in [0.2, 0.25) is 0 Å². The van der Waals surface area contributed by atoms with Crippen LogP contribution in [-0.4, -0.2) is 41.5 Å². The van der Waals surface area contributed by atoms with Gasteiger partial charge in [0, 0.05) is 32.0 Å². The van der Waals surface area contributed by atoms with Crippen LogP contribution in [0.1, 0.15) is 18.9 Å². The molecular formula is C19H23N3O. The molecule has 0 bridgehead atoms. The van der Waals surface area contributed by atoms with E-state index in [1.807, 2.05) is 17.2 Å². The minimum Gasteiger partial charge on any atom is -0.340 e. The molecule has 4 nitrogen and oxygen atoms in total. The van der Waals surface area contributed by atoms with E-state index >= 15 is 0 Å². The number of hydrogen-bond donors (Lipinski definition) is 1. The Morgan fingerprint density at radius 3 is 2.74 bits per heavy atom. The van der Waals surface area contributed by atoms with Crippen LogP contribution < -0.4 is 5.32 Å². The van der Waals surface area contributed by atoms with Crippen LogP contribution in [0.15, 0.2) is 48.8 Å². The lowest BCUT2D eigenvalue weighted by Gasteiger charge is -2.33. The quantitative estimate of drug-likeness (QED) is 0.923. The van der Waals surface area contributed by atoms with Gasteiger partial charge in [0.2, 0.25) is 5.91 Å². The number of amides is 1. The highest BCUT2D eigenvalue weighted by Gasteiger charge is 2.27. The number of piperazine rings is 1. The number of hydrogen-bond acceptors (Lipinski definition) is 3. The molecule has 4 heteroatoms. The minimum absolute atomic E-state index is 0.0976. The van der Waals surface area contributed by atoms with E-state index < -0.39 is 0 Å². The first-order valence-electron chi connectivity index (χ1n) is 8.29. The molecule has 23 heavy (non-hydrogen) atoms. The smallest absolute Gasteiger partial charge is 0.240 e. The monoisotopic (exact) mass is 309 g/mol. The number of aromatic nitrogens is 1. The largest absolute Gasteiger partial charge is 0.340 e. The van der Waals surface area contributed by atoms with E-state index in [4.69, 9.17) is 0 Å². The molecule has 2 aromatic rings. The van der Waals surface area contributed by atoms with E-state index in [2.05, 4.69) is 47.6 Å². The normalized spacial score (nSPS) is 18.2. The number of benzene rings is 1. The third-order valence-electron chi connectivity index (χ3n) is 4.26. The molecule has 1 N–H and O–H groups in total. The molecular weight excluding hydrogens is 286 g/mol. The van der Waals surface area contributed by atoms with Crippen molar-refractivity contribution < 1.29 is 4.79 Å². The molecule has 2 heterocycles. The maximum Gasteiger partial charge on any atom is 0.240 e. The first kappa shape index (κ1) is 15.7. The van der Waals surface area contributed by atoms with Gasteiger partial charge in [-0.05, 0) is 35.6 Å². The molecule has 1 saturated heterocycles. The molecule has 1 aromatic carbocycles. The molecule has 3 rings (SSSR count). The van der Waals surface area contributed by atoms with E-state index in [-0.39, 0.29) is 11.9 Å². The molecule has 120 valence electrons. The summed E-state index contributed by atoms with van der Waals surface area (Å²) in [5, 5.41) is 3.35. The van der Waals surface area contributed by atoms with Crippen molar-refractivity contribution in [1.29, 1.82) is 0 Å². The van der Waals surface area contributed by atoms with E-state index in [1.165, 1.54) is 5.56 Å². The lowest BCUT2D eigenvalue weighted by atomic mass is 10.00. The summed E-state index contributed by atoms with van der Waals surface area (Å²) < 4.78 is 0. The molecule has 1 unspecified atom stereocenters. The van der Waals surface area contributed by atoms with Crippen LogP contribution in [0, 0.1) is 0 Å². The Balaban J connectivity index is 1.67. The van der Waals surface area contributed by atoms with Crippen molar-refractivity contribution in [2.45, 2.75) is 25.8 Å². The number of carbonyl (C=O) groups is 1. The summed E-state index contributed by atoms with van der Waals surface area (Å²) in [4.78, 5) is 18.6. The summed E-state index contributed by atoms with van der Waals surface area (Å²) in [6, 6.07) is 12.3. The maximum atomic E-state index is 12.5. The zero-order valence-electron chi connectivity index (χ0n) is 13.5. The van der Waals surface area contributed by atoms with Gasteiger partial charge in [0.05, 0.1) is 6.04 Å². The van der Waals surface area contributed by atoms with Crippen molar-refractivity contribution in [3.05, 3.63) is 54.4 Å². The van der Waals surface area contributed by atoms with Crippen molar-refractivity contribution in [2.75, 3.05) is 19.6 Å². The Morgan fingerprint density at radius 2 is 2.04 bits per heavy atom. The summed E-state index contributed by atoms with van der Waals surface area (Å²) in [5.74, 6) is 0.231. The maximum absolute atomic E-state index is 12.5. The summed E-state index contributed by atoms with van der Waals surface area (Å²) in [7, 11) is 0. The second-order valence-electron chi connectivity index (χ2n) is 5.97. The van der Waals surface area contributed by atoms with Gasteiger partial charge in [-0.1, -0.05) is 37.3 Å². The average molecular weight is 309 g/mol. The van der Waals surface area contributed by atoms with Gasteiger partial charge in [0.25, 0.3) is 0 Å². The van der Waals surface area contributed by atoms with Gasteiger partial charge < -0.3 is 10.2 Å². The predicted octanol–water partition coefficient (Wildman–Crippen LogP) is 2.50. The fourth-order valence-electron chi connectivity index (χ4n) is 3.05. The fraction of sp³-hybridized carbons (Fsp3) is 0.368. The zero-order valence-corrected chi connectivity index (χ0v) is 13.5. The van der Waals surface area contributed by atoms with Crippen LogP contribution in [0.25, 0.3) is 11.1 Å². The average Bonchev–Trinajstić information content (AvgIpc) is 2.60. The lowest BCUT2D eigenvalue weighted by Crippen LogP contribution is -2.55. The molecule has 0 spiro atoms. The van der Waals surface area contributed by atoms with Gasteiger partial charge in [0.1, 0.15) is 0 Å². The van der Waals surface area contributed by atoms with E-state index in [0.717, 1.165) is 43.6 Å². The van der Waals surface area contributed by atoms with Crippen molar-refractivity contribution in [3.8, 4) is 11.1 Å². The van der Waals surface area contributed by atoms with E-state index in [1.54, 1.807) is 6.20 Å². The second-order valence-corrected chi connectivity index (χ2v) is 5.97. The molecule has 0 aliphatic carbocycles. The first-order valence-corrected chi connectivity index (χ1v) is 8.29. The number of nitrogens with one attached hydrogen (secondary N) is 1. The number of carbonyl (C=O) groups excluding carboxylic acids is 1. The first-order chi connectivity index (χ1) is 11.3. The molecule has 1 fully saturated rings. The molecule has 0 saturated carbocycles. The highest BCUT2D eigenvalue weighted by molar-refractivity contribution is 5.83. The van der Waals surface area contributed by atoms with Gasteiger partial charge >= 0.3 is 0 Å². The standard InChI is InChI=1S/C19H23N3O/c1-2-11-22-12-10-21-18(19(22)23)13-15-5-7-16(8-6-15)17-4-3-9-20-14-17/h3-9,14,18,21H,2,10-13H2,1H3. The van der Waals surface area contributed by atoms with Gasteiger partial charge in [0.15, 0.2) is 0 Å². The summed E-state index contributed by atoms with van der Waals surface area (Å²) >= 11 is 0. The van der Waals surface area contributed by atoms with Crippen molar-refractivity contribution in [1.82, 2.24) is 15.2 Å². The molecule has 1 amide bonds. The summed E-state index contributed by atoms with van der Waals surface area (Å²) in [6.07, 6.45) is 5.40. The van der Waals surface area contributed by atoms with E-state index in [9.17, 15) is 4.79 Å². The van der Waals surface area contributed by atoms with Crippen molar-refractivity contribution in [3.63, 3.8) is 0 Å². The second kappa shape index (κ2) is 7.38. The molecule has 0 radical (unpaired) electrons. The Morgan fingerprint density at radius 1 is 1.22 bits per heavy atom. The van der Waals surface area contributed by atoms with Crippen LogP contribution in [0.3, 0.4) is 0 Å². The zero-order chi connectivity index (χ0) is 16.1. The highest BCUT2D eigenvalue weighted by Crippen LogP contribution is 2.19. The van der Waals surface area contributed by atoms with Gasteiger partial charge in [-0.15, -0.1) is 0 Å². The van der Waals surface area contributed by atoms with Gasteiger partial charge in [-0.3, -0.25) is 9.78 Å². The molecule has 1 atom stereocenters. The summed E-state index contributed by atoms with van der Waals surface area (Å²) in [6.45, 7) is 4.67. The Labute approximate surface area is 137 Å². The summed E-state index contributed by atoms with van der Waals surface area (Å²) in [5.41, 5.74) is 3.44. The molecule has 1 aromatic heterocycles. The van der Waals surface area contributed by atoms with E-state index in [0.29, 0.717) is 0 Å².